The number of H-pyrrole nitrogens is 1. The fourth-order valence-electron chi connectivity index (χ4n) is 2.21. The third-order valence-electron chi connectivity index (χ3n) is 3.06. The number of hydrogen-bond acceptors (Lipinski definition) is 3. The summed E-state index contributed by atoms with van der Waals surface area (Å²) in [7, 11) is 0. The minimum absolute atomic E-state index is 0.267. The molecule has 21 heavy (non-hydrogen) atoms. The van der Waals surface area contributed by atoms with Gasteiger partial charge < -0.3 is 10.3 Å². The lowest BCUT2D eigenvalue weighted by atomic mass is 10.1. The Morgan fingerprint density at radius 2 is 1.76 bits per heavy atom. The molecule has 2 N–H and O–H groups in total. The lowest BCUT2D eigenvalue weighted by molar-refractivity contribution is 0.545. The topological polar surface area (TPSA) is 57.8 Å². The van der Waals surface area contributed by atoms with Crippen LogP contribution in [0.4, 0.5) is 18.9 Å². The highest BCUT2D eigenvalue weighted by Crippen LogP contribution is 2.25. The number of nitrogens with one attached hydrogen (secondary N) is 2. The third-order valence-corrected chi connectivity index (χ3v) is 3.06. The molecule has 0 aliphatic rings. The Morgan fingerprint density at radius 1 is 1.19 bits per heavy atom. The molecule has 112 valence electrons. The second-order valence-corrected chi connectivity index (χ2v) is 4.76. The molecule has 7 heteroatoms. The van der Waals surface area contributed by atoms with Gasteiger partial charge in [0.1, 0.15) is 17.3 Å². The smallest absolute Gasteiger partial charge is 0.256 e. The van der Waals surface area contributed by atoms with E-state index in [9.17, 15) is 18.0 Å². The van der Waals surface area contributed by atoms with Gasteiger partial charge in [-0.3, -0.25) is 4.79 Å². The lowest BCUT2D eigenvalue weighted by Crippen LogP contribution is -2.24. The maximum Gasteiger partial charge on any atom is 0.256 e. The minimum atomic E-state index is -1.06. The van der Waals surface area contributed by atoms with E-state index in [4.69, 9.17) is 0 Å². The van der Waals surface area contributed by atoms with E-state index in [1.165, 1.54) is 0 Å². The largest absolute Gasteiger partial charge is 0.373 e. The zero-order chi connectivity index (χ0) is 15.7. The molecule has 2 rings (SSSR count). The number of benzene rings is 1. The van der Waals surface area contributed by atoms with Gasteiger partial charge in [-0.05, 0) is 20.8 Å². The third kappa shape index (κ3) is 3.07. The van der Waals surface area contributed by atoms with Crippen molar-refractivity contribution >= 4 is 5.69 Å². The molecule has 0 bridgehead atoms. The van der Waals surface area contributed by atoms with Gasteiger partial charge in [0, 0.05) is 12.1 Å². The van der Waals surface area contributed by atoms with Crippen molar-refractivity contribution in [2.75, 3.05) is 5.32 Å². The molecule has 1 aromatic heterocycles. The molecule has 0 saturated carbocycles. The highest BCUT2D eigenvalue weighted by Gasteiger charge is 2.19. The highest BCUT2D eigenvalue weighted by atomic mass is 19.1. The predicted octanol–water partition coefficient (Wildman–Crippen LogP) is 2.98. The molecule has 0 aliphatic heterocycles. The molecule has 0 radical (unpaired) electrons. The summed E-state index contributed by atoms with van der Waals surface area (Å²) in [6.07, 6.45) is 0. The fraction of sp³-hybridized carbons (Fsp3) is 0.286. The fourth-order valence-corrected chi connectivity index (χ4v) is 2.21. The summed E-state index contributed by atoms with van der Waals surface area (Å²) in [5.41, 5.74) is -0.144. The van der Waals surface area contributed by atoms with Gasteiger partial charge in [0.05, 0.1) is 17.3 Å². The number of aromatic nitrogens is 2. The average molecular weight is 297 g/mol. The maximum absolute atomic E-state index is 13.6. The van der Waals surface area contributed by atoms with Crippen LogP contribution in [0.15, 0.2) is 16.9 Å². The first-order valence-corrected chi connectivity index (χ1v) is 6.28. The Hall–Kier alpha value is -2.31. The zero-order valence-electron chi connectivity index (χ0n) is 11.7. The van der Waals surface area contributed by atoms with E-state index in [-0.39, 0.29) is 11.1 Å². The number of hydrogen-bond donors (Lipinski definition) is 2. The Morgan fingerprint density at radius 3 is 2.29 bits per heavy atom. The van der Waals surface area contributed by atoms with E-state index in [0.717, 1.165) is 0 Å². The van der Waals surface area contributed by atoms with E-state index >= 15 is 0 Å². The molecule has 1 atom stereocenters. The van der Waals surface area contributed by atoms with Crippen molar-refractivity contribution in [3.05, 3.63) is 57.0 Å². The molecule has 0 amide bonds. The Bertz CT molecular complexity index is 720. The number of nitrogens with zero attached hydrogens (tertiary/aromatic N) is 1. The first-order valence-electron chi connectivity index (χ1n) is 6.28. The summed E-state index contributed by atoms with van der Waals surface area (Å²) in [5, 5.41) is 2.55. The Labute approximate surface area is 119 Å². The number of anilines is 1. The zero-order valence-corrected chi connectivity index (χ0v) is 11.7. The van der Waals surface area contributed by atoms with Crippen molar-refractivity contribution in [2.24, 2.45) is 0 Å². The van der Waals surface area contributed by atoms with E-state index in [1.807, 2.05) is 0 Å². The minimum Gasteiger partial charge on any atom is -0.373 e. The molecule has 2 aromatic rings. The molecule has 1 heterocycles. The Balaban J connectivity index is 2.40. The summed E-state index contributed by atoms with van der Waals surface area (Å²) >= 11 is 0. The monoisotopic (exact) mass is 297 g/mol. The van der Waals surface area contributed by atoms with Crippen LogP contribution in [0.2, 0.25) is 0 Å². The summed E-state index contributed by atoms with van der Waals surface area (Å²) < 4.78 is 40.1. The van der Waals surface area contributed by atoms with E-state index in [2.05, 4.69) is 15.3 Å². The molecule has 0 aliphatic carbocycles. The molecule has 0 fully saturated rings. The van der Waals surface area contributed by atoms with Crippen LogP contribution in [-0.2, 0) is 0 Å². The van der Waals surface area contributed by atoms with Crippen LogP contribution in [0.25, 0.3) is 0 Å². The van der Waals surface area contributed by atoms with Crippen molar-refractivity contribution < 1.29 is 13.2 Å². The first kappa shape index (κ1) is 15.1. The number of rotatable bonds is 3. The molecular formula is C14H14F3N3O. The van der Waals surface area contributed by atoms with Gasteiger partial charge in [0.2, 0.25) is 0 Å². The van der Waals surface area contributed by atoms with Gasteiger partial charge in [0.15, 0.2) is 11.6 Å². The van der Waals surface area contributed by atoms with Crippen LogP contribution in [0.3, 0.4) is 0 Å². The van der Waals surface area contributed by atoms with Crippen molar-refractivity contribution in [3.8, 4) is 0 Å². The maximum atomic E-state index is 13.6. The van der Waals surface area contributed by atoms with Crippen LogP contribution >= 0.6 is 0 Å². The molecule has 1 unspecified atom stereocenters. The average Bonchev–Trinajstić information content (AvgIpc) is 2.32. The second-order valence-electron chi connectivity index (χ2n) is 4.76. The van der Waals surface area contributed by atoms with Crippen molar-refractivity contribution in [3.63, 3.8) is 0 Å². The van der Waals surface area contributed by atoms with Crippen molar-refractivity contribution in [2.45, 2.75) is 26.8 Å². The molecular weight excluding hydrogens is 283 g/mol. The van der Waals surface area contributed by atoms with Gasteiger partial charge >= 0.3 is 0 Å². The lowest BCUT2D eigenvalue weighted by Gasteiger charge is -2.17. The van der Waals surface area contributed by atoms with Gasteiger partial charge in [-0.1, -0.05) is 0 Å². The number of aromatic amines is 1. The molecule has 0 saturated heterocycles. The molecule has 0 spiro atoms. The summed E-state index contributed by atoms with van der Waals surface area (Å²) in [4.78, 5) is 18.6. The van der Waals surface area contributed by atoms with Crippen LogP contribution < -0.4 is 10.9 Å². The molecule has 4 nitrogen and oxygen atoms in total. The van der Waals surface area contributed by atoms with Crippen molar-refractivity contribution in [1.82, 2.24) is 9.97 Å². The van der Waals surface area contributed by atoms with Crippen LogP contribution in [0.5, 0.6) is 0 Å². The van der Waals surface area contributed by atoms with Gasteiger partial charge in [0.25, 0.3) is 5.56 Å². The summed E-state index contributed by atoms with van der Waals surface area (Å²) in [6, 6.07) is 0.446. The van der Waals surface area contributed by atoms with E-state index in [1.54, 1.807) is 20.8 Å². The predicted molar refractivity (Wildman–Crippen MR) is 72.7 cm³/mol. The summed E-state index contributed by atoms with van der Waals surface area (Å²) in [6.45, 7) is 4.83. The number of aryl methyl sites for hydroxylation is 2. The molecule has 1 aromatic carbocycles. The standard InChI is InChI=1S/C14H14F3N3O/c1-6-12(14(21)20-8(3)18-6)7(2)19-13-10(16)4-9(15)5-11(13)17/h4-5,7,19H,1-3H3,(H,18,20,21). The second kappa shape index (κ2) is 5.59. The number of halogens is 3. The Kier molecular flexibility index (Phi) is 4.02. The van der Waals surface area contributed by atoms with Crippen LogP contribution in [0.1, 0.15) is 30.0 Å². The van der Waals surface area contributed by atoms with Gasteiger partial charge in [-0.25, -0.2) is 18.2 Å². The van der Waals surface area contributed by atoms with Gasteiger partial charge in [-0.15, -0.1) is 0 Å². The first-order chi connectivity index (χ1) is 9.79. The van der Waals surface area contributed by atoms with Crippen molar-refractivity contribution in [1.29, 1.82) is 0 Å². The highest BCUT2D eigenvalue weighted by molar-refractivity contribution is 5.48. The van der Waals surface area contributed by atoms with E-state index in [0.29, 0.717) is 23.7 Å². The SMILES string of the molecule is Cc1nc(C)c(C(C)Nc2c(F)cc(F)cc2F)c(=O)[nH]1. The van der Waals surface area contributed by atoms with Crippen LogP contribution in [-0.4, -0.2) is 9.97 Å². The van der Waals surface area contributed by atoms with E-state index < -0.39 is 29.2 Å². The van der Waals surface area contributed by atoms with Gasteiger partial charge in [-0.2, -0.15) is 0 Å². The summed E-state index contributed by atoms with van der Waals surface area (Å²) in [5.74, 6) is -2.68. The normalized spacial score (nSPS) is 12.3. The van der Waals surface area contributed by atoms with Crippen LogP contribution in [0, 0.1) is 31.3 Å². The quantitative estimate of drug-likeness (QED) is 0.915.